The second-order valence-electron chi connectivity index (χ2n) is 5.65. The minimum absolute atomic E-state index is 0.0297. The second kappa shape index (κ2) is 6.16. The smallest absolute Gasteiger partial charge is 0.395 e. The van der Waals surface area contributed by atoms with E-state index < -0.39 is 17.8 Å². The number of benzene rings is 1. The Morgan fingerprint density at radius 2 is 2.07 bits per heavy atom. The van der Waals surface area contributed by atoms with Crippen molar-refractivity contribution >= 4 is 17.0 Å². The Morgan fingerprint density at radius 1 is 1.30 bits per heavy atom. The summed E-state index contributed by atoms with van der Waals surface area (Å²) < 4.78 is 49.7. The summed E-state index contributed by atoms with van der Waals surface area (Å²) in [6, 6.07) is 4.19. The molecule has 1 aliphatic rings. The van der Waals surface area contributed by atoms with Gasteiger partial charge in [-0.3, -0.25) is 14.5 Å². The van der Waals surface area contributed by atoms with Crippen LogP contribution in [0.5, 0.6) is 11.5 Å². The number of nitrogens with zero attached hydrogens (tertiary/aromatic N) is 3. The number of alkyl halides is 2. The monoisotopic (exact) mass is 383 g/mol. The highest BCUT2D eigenvalue weighted by atomic mass is 19.3. The number of rotatable bonds is 5. The normalized spacial score (nSPS) is 14.7. The van der Waals surface area contributed by atoms with Crippen molar-refractivity contribution in [1.82, 2.24) is 19.7 Å². The SMILES string of the molecule is O=c1[nH]c(NCc2ccc3c(c2)OC(F)(F)O3)nc2c(F)nn(CCO)c12. The van der Waals surface area contributed by atoms with Crippen LogP contribution < -0.4 is 20.3 Å². The maximum atomic E-state index is 13.9. The van der Waals surface area contributed by atoms with Gasteiger partial charge in [0.1, 0.15) is 0 Å². The fourth-order valence-electron chi connectivity index (χ4n) is 2.68. The van der Waals surface area contributed by atoms with Crippen LogP contribution >= 0.6 is 0 Å². The predicted octanol–water partition coefficient (Wildman–Crippen LogP) is 1.18. The number of hydrogen-bond acceptors (Lipinski definition) is 7. The van der Waals surface area contributed by atoms with E-state index in [9.17, 15) is 18.0 Å². The van der Waals surface area contributed by atoms with Crippen molar-refractivity contribution in [1.29, 1.82) is 0 Å². The molecular formula is C15H12F3N5O4. The molecule has 2 aromatic heterocycles. The van der Waals surface area contributed by atoms with Gasteiger partial charge in [0.05, 0.1) is 13.2 Å². The van der Waals surface area contributed by atoms with Gasteiger partial charge in [-0.1, -0.05) is 6.07 Å². The molecule has 4 rings (SSSR count). The Morgan fingerprint density at radius 3 is 2.85 bits per heavy atom. The second-order valence-corrected chi connectivity index (χ2v) is 5.65. The molecule has 1 aliphatic heterocycles. The fourth-order valence-corrected chi connectivity index (χ4v) is 2.68. The Balaban J connectivity index is 1.57. The highest BCUT2D eigenvalue weighted by Gasteiger charge is 2.43. The first-order chi connectivity index (χ1) is 12.9. The zero-order chi connectivity index (χ0) is 19.2. The Hall–Kier alpha value is -3.28. The number of aromatic amines is 1. The van der Waals surface area contributed by atoms with Crippen LogP contribution in [-0.2, 0) is 13.1 Å². The first-order valence-electron chi connectivity index (χ1n) is 7.76. The van der Waals surface area contributed by atoms with Crippen LogP contribution in [0.3, 0.4) is 0 Å². The first-order valence-corrected chi connectivity index (χ1v) is 7.76. The molecule has 3 aromatic rings. The summed E-state index contributed by atoms with van der Waals surface area (Å²) in [7, 11) is 0. The third-order valence-electron chi connectivity index (χ3n) is 3.79. The summed E-state index contributed by atoms with van der Waals surface area (Å²) in [5, 5.41) is 15.3. The van der Waals surface area contributed by atoms with E-state index in [0.717, 1.165) is 4.68 Å². The molecule has 142 valence electrons. The zero-order valence-electron chi connectivity index (χ0n) is 13.5. The largest absolute Gasteiger partial charge is 0.586 e. The van der Waals surface area contributed by atoms with Crippen LogP contribution in [0.15, 0.2) is 23.0 Å². The van der Waals surface area contributed by atoms with Gasteiger partial charge in [-0.05, 0) is 17.7 Å². The molecule has 0 radical (unpaired) electrons. The van der Waals surface area contributed by atoms with Crippen LogP contribution in [0.2, 0.25) is 0 Å². The van der Waals surface area contributed by atoms with Crippen molar-refractivity contribution in [3.05, 3.63) is 40.1 Å². The third-order valence-corrected chi connectivity index (χ3v) is 3.79. The maximum Gasteiger partial charge on any atom is 0.586 e. The molecule has 12 heteroatoms. The minimum Gasteiger partial charge on any atom is -0.395 e. The van der Waals surface area contributed by atoms with Crippen LogP contribution in [0.25, 0.3) is 11.0 Å². The summed E-state index contributed by atoms with van der Waals surface area (Å²) in [6.45, 7) is -0.290. The highest BCUT2D eigenvalue weighted by molar-refractivity contribution is 5.74. The van der Waals surface area contributed by atoms with Crippen molar-refractivity contribution < 1.29 is 27.8 Å². The molecule has 3 N–H and O–H groups in total. The summed E-state index contributed by atoms with van der Waals surface area (Å²) in [4.78, 5) is 18.6. The lowest BCUT2D eigenvalue weighted by Crippen LogP contribution is -2.25. The number of ether oxygens (including phenoxy) is 2. The molecule has 3 heterocycles. The van der Waals surface area contributed by atoms with Crippen molar-refractivity contribution in [3.63, 3.8) is 0 Å². The van der Waals surface area contributed by atoms with Crippen molar-refractivity contribution in [2.45, 2.75) is 19.4 Å². The number of halogens is 3. The number of aliphatic hydroxyl groups excluding tert-OH is 1. The predicted molar refractivity (Wildman–Crippen MR) is 85.2 cm³/mol. The molecular weight excluding hydrogens is 371 g/mol. The lowest BCUT2D eigenvalue weighted by atomic mass is 10.2. The molecule has 1 aromatic carbocycles. The Bertz CT molecular complexity index is 1080. The maximum absolute atomic E-state index is 13.9. The summed E-state index contributed by atoms with van der Waals surface area (Å²) in [6.07, 6.45) is -3.71. The Labute approximate surface area is 148 Å². The van der Waals surface area contributed by atoms with Crippen molar-refractivity contribution in [2.24, 2.45) is 0 Å². The van der Waals surface area contributed by atoms with Crippen molar-refractivity contribution in [2.75, 3.05) is 11.9 Å². The summed E-state index contributed by atoms with van der Waals surface area (Å²) in [5.41, 5.74) is -0.454. The number of aliphatic hydroxyl groups is 1. The quantitative estimate of drug-likeness (QED) is 0.606. The molecule has 0 unspecified atom stereocenters. The van der Waals surface area contributed by atoms with E-state index in [1.54, 1.807) is 0 Å². The standard InChI is InChI=1S/C15H12F3N5O4/c16-12-10-11(23(22-12)3-4-24)13(25)21-14(20-10)19-6-7-1-2-8-9(5-7)27-15(17,18)26-8/h1-2,5,24H,3-4,6H2,(H2,19,20,21,25). The number of fused-ring (bicyclic) bond motifs is 2. The van der Waals surface area contributed by atoms with Crippen LogP contribution in [0.4, 0.5) is 19.1 Å². The van der Waals surface area contributed by atoms with E-state index in [1.165, 1.54) is 18.2 Å². The summed E-state index contributed by atoms with van der Waals surface area (Å²) in [5.74, 6) is -1.18. The number of hydrogen-bond donors (Lipinski definition) is 3. The molecule has 0 aliphatic carbocycles. The number of anilines is 1. The number of aromatic nitrogens is 4. The number of nitrogens with one attached hydrogen (secondary N) is 2. The molecule has 9 nitrogen and oxygen atoms in total. The van der Waals surface area contributed by atoms with Gasteiger partial charge in [0.25, 0.3) is 11.5 Å². The third kappa shape index (κ3) is 3.14. The van der Waals surface area contributed by atoms with Crippen LogP contribution in [0, 0.1) is 5.95 Å². The average Bonchev–Trinajstić information content (AvgIpc) is 3.08. The highest BCUT2D eigenvalue weighted by Crippen LogP contribution is 2.41. The molecule has 0 spiro atoms. The Kier molecular flexibility index (Phi) is 3.91. The zero-order valence-corrected chi connectivity index (χ0v) is 13.5. The topological polar surface area (TPSA) is 114 Å². The molecule has 0 fully saturated rings. The van der Waals surface area contributed by atoms with E-state index in [-0.39, 0.29) is 48.2 Å². The molecule has 0 atom stereocenters. The number of H-pyrrole nitrogens is 1. The van der Waals surface area contributed by atoms with E-state index >= 15 is 0 Å². The average molecular weight is 383 g/mol. The lowest BCUT2D eigenvalue weighted by Gasteiger charge is -2.07. The van der Waals surface area contributed by atoms with Gasteiger partial charge in [-0.25, -0.2) is 4.98 Å². The van der Waals surface area contributed by atoms with Gasteiger partial charge < -0.3 is 19.9 Å². The van der Waals surface area contributed by atoms with Crippen LogP contribution in [0.1, 0.15) is 5.56 Å². The lowest BCUT2D eigenvalue weighted by molar-refractivity contribution is -0.286. The van der Waals surface area contributed by atoms with Crippen molar-refractivity contribution in [3.8, 4) is 11.5 Å². The van der Waals surface area contributed by atoms with E-state index in [4.69, 9.17) is 5.11 Å². The fraction of sp³-hybridized carbons (Fsp3) is 0.267. The summed E-state index contributed by atoms with van der Waals surface area (Å²) >= 11 is 0. The van der Waals surface area contributed by atoms with Gasteiger partial charge in [-0.2, -0.15) is 4.39 Å². The van der Waals surface area contributed by atoms with Gasteiger partial charge in [-0.15, -0.1) is 13.9 Å². The van der Waals surface area contributed by atoms with E-state index in [0.29, 0.717) is 5.56 Å². The molecule has 27 heavy (non-hydrogen) atoms. The van der Waals surface area contributed by atoms with Gasteiger partial charge in [0, 0.05) is 6.54 Å². The van der Waals surface area contributed by atoms with E-state index in [1.807, 2.05) is 0 Å². The van der Waals surface area contributed by atoms with Gasteiger partial charge in [0.15, 0.2) is 22.5 Å². The minimum atomic E-state index is -3.71. The van der Waals surface area contributed by atoms with Gasteiger partial charge in [0.2, 0.25) is 5.95 Å². The molecule has 0 saturated heterocycles. The van der Waals surface area contributed by atoms with E-state index in [2.05, 4.69) is 29.9 Å². The van der Waals surface area contributed by atoms with Crippen LogP contribution in [-0.4, -0.2) is 37.8 Å². The molecule has 0 amide bonds. The van der Waals surface area contributed by atoms with Gasteiger partial charge >= 0.3 is 6.29 Å². The molecule has 0 saturated carbocycles. The molecule has 0 bridgehead atoms. The first kappa shape index (κ1) is 17.1.